The van der Waals surface area contributed by atoms with Crippen molar-refractivity contribution in [3.05, 3.63) is 29.3 Å². The molecule has 7 nitrogen and oxygen atoms in total. The first-order valence-electron chi connectivity index (χ1n) is 6.64. The van der Waals surface area contributed by atoms with Gasteiger partial charge in [0.15, 0.2) is 0 Å². The number of para-hydroxylation sites is 1. The normalized spacial score (nSPS) is 17.8. The van der Waals surface area contributed by atoms with Crippen molar-refractivity contribution < 1.29 is 19.5 Å². The molecular weight excluding hydrogens is 274 g/mol. The van der Waals surface area contributed by atoms with E-state index in [1.165, 1.54) is 6.07 Å². The number of hydrogen-bond donors (Lipinski definition) is 4. The SMILES string of the molecule is Cc1cccc(C(=O)O)c1NC(=O)NC1CCC(=O)NC1. The maximum atomic E-state index is 12.0. The summed E-state index contributed by atoms with van der Waals surface area (Å²) in [6.45, 7) is 2.11. The highest BCUT2D eigenvalue weighted by atomic mass is 16.4. The van der Waals surface area contributed by atoms with Crippen molar-refractivity contribution in [1.29, 1.82) is 0 Å². The Labute approximate surface area is 121 Å². The number of piperidine rings is 1. The molecule has 1 atom stereocenters. The number of carbonyl (C=O) groups is 3. The molecule has 1 fully saturated rings. The fraction of sp³-hybridized carbons (Fsp3) is 0.357. The number of urea groups is 1. The molecule has 1 aliphatic heterocycles. The first kappa shape index (κ1) is 14.8. The van der Waals surface area contributed by atoms with Gasteiger partial charge in [0.25, 0.3) is 0 Å². The Bertz CT molecular complexity index is 576. The van der Waals surface area contributed by atoms with E-state index in [1.807, 2.05) is 0 Å². The fourth-order valence-electron chi connectivity index (χ4n) is 2.20. The number of carbonyl (C=O) groups excluding carboxylic acids is 2. The molecule has 1 saturated heterocycles. The van der Waals surface area contributed by atoms with Crippen molar-refractivity contribution in [3.63, 3.8) is 0 Å². The third kappa shape index (κ3) is 3.71. The third-order valence-electron chi connectivity index (χ3n) is 3.34. The number of amides is 3. The largest absolute Gasteiger partial charge is 0.478 e. The van der Waals surface area contributed by atoms with Gasteiger partial charge in [-0.2, -0.15) is 0 Å². The molecule has 21 heavy (non-hydrogen) atoms. The minimum Gasteiger partial charge on any atom is -0.478 e. The van der Waals surface area contributed by atoms with Crippen LogP contribution in [-0.2, 0) is 4.79 Å². The lowest BCUT2D eigenvalue weighted by Crippen LogP contribution is -2.49. The van der Waals surface area contributed by atoms with Crippen LogP contribution in [0, 0.1) is 6.92 Å². The molecule has 0 radical (unpaired) electrons. The summed E-state index contributed by atoms with van der Waals surface area (Å²) in [4.78, 5) is 34.2. The van der Waals surface area contributed by atoms with Gasteiger partial charge in [-0.3, -0.25) is 4.79 Å². The summed E-state index contributed by atoms with van der Waals surface area (Å²) in [6.07, 6.45) is 0.939. The highest BCUT2D eigenvalue weighted by Crippen LogP contribution is 2.20. The molecule has 1 unspecified atom stereocenters. The van der Waals surface area contributed by atoms with Crippen molar-refractivity contribution in [1.82, 2.24) is 10.6 Å². The van der Waals surface area contributed by atoms with E-state index in [-0.39, 0.29) is 23.2 Å². The highest BCUT2D eigenvalue weighted by molar-refractivity contribution is 6.01. The van der Waals surface area contributed by atoms with Crippen molar-refractivity contribution in [2.24, 2.45) is 0 Å². The van der Waals surface area contributed by atoms with Crippen LogP contribution < -0.4 is 16.0 Å². The standard InChI is InChI=1S/C14H17N3O4/c1-8-3-2-4-10(13(19)20)12(8)17-14(21)16-9-5-6-11(18)15-7-9/h2-4,9H,5-7H2,1H3,(H,15,18)(H,19,20)(H2,16,17,21). The van der Waals surface area contributed by atoms with Crippen molar-refractivity contribution >= 4 is 23.6 Å². The predicted molar refractivity (Wildman–Crippen MR) is 76.3 cm³/mol. The first-order valence-corrected chi connectivity index (χ1v) is 6.64. The van der Waals surface area contributed by atoms with Crippen LogP contribution in [-0.4, -0.2) is 35.6 Å². The van der Waals surface area contributed by atoms with Gasteiger partial charge in [-0.25, -0.2) is 9.59 Å². The van der Waals surface area contributed by atoms with Gasteiger partial charge >= 0.3 is 12.0 Å². The van der Waals surface area contributed by atoms with E-state index in [0.29, 0.717) is 24.9 Å². The van der Waals surface area contributed by atoms with Crippen LogP contribution in [0.4, 0.5) is 10.5 Å². The monoisotopic (exact) mass is 291 g/mol. The molecule has 1 aliphatic rings. The summed E-state index contributed by atoms with van der Waals surface area (Å²) < 4.78 is 0. The maximum Gasteiger partial charge on any atom is 0.337 e. The number of carboxylic acid groups (broad SMARTS) is 1. The molecule has 1 heterocycles. The number of rotatable bonds is 3. The zero-order chi connectivity index (χ0) is 15.4. The lowest BCUT2D eigenvalue weighted by atomic mass is 10.1. The summed E-state index contributed by atoms with van der Waals surface area (Å²) in [5.41, 5.74) is 0.992. The van der Waals surface area contributed by atoms with E-state index in [2.05, 4.69) is 16.0 Å². The van der Waals surface area contributed by atoms with Crippen molar-refractivity contribution in [2.45, 2.75) is 25.8 Å². The van der Waals surface area contributed by atoms with Crippen molar-refractivity contribution in [2.75, 3.05) is 11.9 Å². The quantitative estimate of drug-likeness (QED) is 0.668. The van der Waals surface area contributed by atoms with Gasteiger partial charge in [-0.15, -0.1) is 0 Å². The van der Waals surface area contributed by atoms with E-state index >= 15 is 0 Å². The second-order valence-electron chi connectivity index (χ2n) is 4.94. The predicted octanol–water partition coefficient (Wildman–Crippen LogP) is 1.09. The Kier molecular flexibility index (Phi) is 4.42. The van der Waals surface area contributed by atoms with Gasteiger partial charge in [0.2, 0.25) is 5.91 Å². The van der Waals surface area contributed by atoms with Gasteiger partial charge in [0, 0.05) is 19.0 Å². The second kappa shape index (κ2) is 6.25. The van der Waals surface area contributed by atoms with Gasteiger partial charge in [0.05, 0.1) is 11.3 Å². The summed E-state index contributed by atoms with van der Waals surface area (Å²) >= 11 is 0. The lowest BCUT2D eigenvalue weighted by molar-refractivity contribution is -0.122. The first-order chi connectivity index (χ1) is 9.97. The lowest BCUT2D eigenvalue weighted by Gasteiger charge is -2.24. The van der Waals surface area contributed by atoms with Gasteiger partial charge < -0.3 is 21.1 Å². The van der Waals surface area contributed by atoms with E-state index < -0.39 is 12.0 Å². The van der Waals surface area contributed by atoms with Crippen LogP contribution in [0.5, 0.6) is 0 Å². The third-order valence-corrected chi connectivity index (χ3v) is 3.34. The summed E-state index contributed by atoms with van der Waals surface area (Å²) in [7, 11) is 0. The maximum absolute atomic E-state index is 12.0. The Hall–Kier alpha value is -2.57. The van der Waals surface area contributed by atoms with Crippen LogP contribution in [0.3, 0.4) is 0 Å². The number of hydrogen-bond acceptors (Lipinski definition) is 3. The molecule has 0 aliphatic carbocycles. The Morgan fingerprint density at radius 2 is 2.14 bits per heavy atom. The molecule has 0 aromatic heterocycles. The molecule has 2 rings (SSSR count). The topological polar surface area (TPSA) is 108 Å². The number of benzene rings is 1. The number of anilines is 1. The van der Waals surface area contributed by atoms with Gasteiger partial charge in [0.1, 0.15) is 0 Å². The minimum absolute atomic E-state index is 0.0273. The Morgan fingerprint density at radius 3 is 2.76 bits per heavy atom. The molecule has 1 aromatic carbocycles. The van der Waals surface area contributed by atoms with Crippen LogP contribution >= 0.6 is 0 Å². The average Bonchev–Trinajstić information content (AvgIpc) is 2.43. The van der Waals surface area contributed by atoms with E-state index in [1.54, 1.807) is 19.1 Å². The number of nitrogens with one attached hydrogen (secondary N) is 3. The molecule has 1 aromatic rings. The molecule has 7 heteroatoms. The molecule has 0 bridgehead atoms. The smallest absolute Gasteiger partial charge is 0.337 e. The van der Waals surface area contributed by atoms with Crippen LogP contribution in [0.1, 0.15) is 28.8 Å². The molecule has 3 amide bonds. The van der Waals surface area contributed by atoms with E-state index in [4.69, 9.17) is 5.11 Å². The molecule has 4 N–H and O–H groups in total. The fourth-order valence-corrected chi connectivity index (χ4v) is 2.20. The van der Waals surface area contributed by atoms with Crippen LogP contribution in [0.15, 0.2) is 18.2 Å². The van der Waals surface area contributed by atoms with Gasteiger partial charge in [-0.1, -0.05) is 12.1 Å². The molecule has 0 spiro atoms. The summed E-state index contributed by atoms with van der Waals surface area (Å²) in [5, 5.41) is 17.1. The van der Waals surface area contributed by atoms with Crippen molar-refractivity contribution in [3.8, 4) is 0 Å². The second-order valence-corrected chi connectivity index (χ2v) is 4.94. The number of aromatic carboxylic acids is 1. The average molecular weight is 291 g/mol. The summed E-state index contributed by atoms with van der Waals surface area (Å²) in [5.74, 6) is -1.13. The zero-order valence-electron chi connectivity index (χ0n) is 11.6. The number of carboxylic acids is 1. The Balaban J connectivity index is 2.03. The van der Waals surface area contributed by atoms with Gasteiger partial charge in [-0.05, 0) is 25.0 Å². The van der Waals surface area contributed by atoms with E-state index in [9.17, 15) is 14.4 Å². The highest BCUT2D eigenvalue weighted by Gasteiger charge is 2.21. The zero-order valence-corrected chi connectivity index (χ0v) is 11.6. The van der Waals surface area contributed by atoms with E-state index in [0.717, 1.165) is 0 Å². The van der Waals surface area contributed by atoms with Crippen LogP contribution in [0.25, 0.3) is 0 Å². The number of aryl methyl sites for hydroxylation is 1. The minimum atomic E-state index is -1.10. The molecule has 0 saturated carbocycles. The molecular formula is C14H17N3O4. The summed E-state index contributed by atoms with van der Waals surface area (Å²) in [6, 6.07) is 4.15. The molecule has 112 valence electrons. The van der Waals surface area contributed by atoms with Crippen LogP contribution in [0.2, 0.25) is 0 Å². The Morgan fingerprint density at radius 1 is 1.38 bits per heavy atom.